The predicted molar refractivity (Wildman–Crippen MR) is 225 cm³/mol. The predicted octanol–water partition coefficient (Wildman–Crippen LogP) is 15.3. The van der Waals surface area contributed by atoms with Crippen LogP contribution in [-0.4, -0.2) is 0 Å². The van der Waals surface area contributed by atoms with Gasteiger partial charge in [0.15, 0.2) is 0 Å². The average Bonchev–Trinajstić information content (AvgIpc) is 3.44. The number of benzene rings is 6. The molecule has 0 spiro atoms. The molecule has 6 aromatic rings. The topological polar surface area (TPSA) is 3.24 Å². The summed E-state index contributed by atoms with van der Waals surface area (Å²) < 4.78 is 0. The van der Waals surface area contributed by atoms with E-state index in [-0.39, 0.29) is 5.41 Å². The van der Waals surface area contributed by atoms with Crippen molar-refractivity contribution in [3.05, 3.63) is 162 Å². The molecule has 0 saturated carbocycles. The number of rotatable bonds is 15. The minimum atomic E-state index is 0.0408. The summed E-state index contributed by atoms with van der Waals surface area (Å²) in [5.74, 6) is 0. The second-order valence-corrected chi connectivity index (χ2v) is 15.1. The number of unbranched alkanes of at least 4 members (excludes halogenated alkanes) is 6. The van der Waals surface area contributed by atoms with Crippen molar-refractivity contribution in [2.24, 2.45) is 0 Å². The molecule has 0 unspecified atom stereocenters. The van der Waals surface area contributed by atoms with E-state index in [0.29, 0.717) is 0 Å². The monoisotopic (exact) mass is 681 g/mol. The Labute approximate surface area is 313 Å². The first kappa shape index (κ1) is 35.5. The Kier molecular flexibility index (Phi) is 11.1. The maximum Gasteiger partial charge on any atom is 0.0465 e. The van der Waals surface area contributed by atoms with Gasteiger partial charge in [0.2, 0.25) is 0 Å². The van der Waals surface area contributed by atoms with E-state index in [4.69, 9.17) is 0 Å². The van der Waals surface area contributed by atoms with Gasteiger partial charge >= 0.3 is 0 Å². The van der Waals surface area contributed by atoms with E-state index in [1.54, 1.807) is 5.56 Å². The summed E-state index contributed by atoms with van der Waals surface area (Å²) in [7, 11) is 0. The highest BCUT2D eigenvalue weighted by atomic mass is 15.1. The fraction of sp³-hybridized carbons (Fsp3) is 0.294. The number of fused-ring (bicyclic) bond motifs is 3. The molecule has 0 heterocycles. The van der Waals surface area contributed by atoms with E-state index in [2.05, 4.69) is 172 Å². The van der Waals surface area contributed by atoms with Crippen LogP contribution in [0.2, 0.25) is 0 Å². The molecule has 264 valence electrons. The van der Waals surface area contributed by atoms with Crippen molar-refractivity contribution in [1.29, 1.82) is 0 Å². The Morgan fingerprint density at radius 2 is 0.904 bits per heavy atom. The highest BCUT2D eigenvalue weighted by Gasteiger charge is 2.42. The van der Waals surface area contributed by atoms with Gasteiger partial charge < -0.3 is 4.90 Å². The van der Waals surface area contributed by atoms with Crippen LogP contribution in [0.15, 0.2) is 140 Å². The van der Waals surface area contributed by atoms with Crippen molar-refractivity contribution in [2.45, 2.75) is 97.3 Å². The fourth-order valence-electron chi connectivity index (χ4n) is 8.66. The lowest BCUT2D eigenvalue weighted by Crippen LogP contribution is -2.26. The summed E-state index contributed by atoms with van der Waals surface area (Å²) in [6, 6.07) is 52.6. The number of hydrogen-bond acceptors (Lipinski definition) is 1. The summed E-state index contributed by atoms with van der Waals surface area (Å²) in [5, 5.41) is 0. The average molecular weight is 682 g/mol. The van der Waals surface area contributed by atoms with E-state index < -0.39 is 0 Å². The smallest absolute Gasteiger partial charge is 0.0465 e. The van der Waals surface area contributed by atoms with Crippen molar-refractivity contribution in [3.8, 4) is 33.4 Å². The maximum atomic E-state index is 2.57. The molecule has 1 nitrogen and oxygen atoms in total. The van der Waals surface area contributed by atoms with Gasteiger partial charge in [-0.3, -0.25) is 0 Å². The first-order valence-electron chi connectivity index (χ1n) is 19.9. The second kappa shape index (κ2) is 16.2. The Morgan fingerprint density at radius 3 is 1.42 bits per heavy atom. The molecule has 0 amide bonds. The van der Waals surface area contributed by atoms with Crippen LogP contribution in [0.3, 0.4) is 0 Å². The molecule has 0 aliphatic heterocycles. The van der Waals surface area contributed by atoms with Crippen molar-refractivity contribution >= 4 is 17.1 Å². The molecule has 0 aromatic heterocycles. The molecule has 1 heteroatoms. The lowest BCUT2D eigenvalue weighted by atomic mass is 9.70. The van der Waals surface area contributed by atoms with E-state index in [0.717, 1.165) is 0 Å². The molecule has 6 aromatic carbocycles. The van der Waals surface area contributed by atoms with E-state index in [1.165, 1.54) is 131 Å². The van der Waals surface area contributed by atoms with Gasteiger partial charge in [-0.15, -0.1) is 0 Å². The van der Waals surface area contributed by atoms with Crippen LogP contribution in [0.5, 0.6) is 0 Å². The second-order valence-electron chi connectivity index (χ2n) is 15.1. The zero-order chi connectivity index (χ0) is 35.9. The standard InChI is InChI=1S/C51H55N/c1-5-7-9-13-33-51(34-14-10-8-6-2)49-22-12-11-21-47(49)48-32-31-46(37-50(48)51)52(44-27-23-40(24-28-44)42-19-15-17-38(3)35-42)45-29-25-41(26-30-45)43-20-16-18-39(4)36-43/h11-12,15-32,35-37H,5-10,13-14,33-34H2,1-4H3. The molecule has 1 aliphatic rings. The van der Waals surface area contributed by atoms with Gasteiger partial charge in [-0.25, -0.2) is 0 Å². The molecule has 0 saturated heterocycles. The lowest BCUT2D eigenvalue weighted by molar-refractivity contribution is 0.401. The van der Waals surface area contributed by atoms with Crippen LogP contribution in [0.4, 0.5) is 17.1 Å². The third-order valence-corrected chi connectivity index (χ3v) is 11.4. The lowest BCUT2D eigenvalue weighted by Gasteiger charge is -2.34. The van der Waals surface area contributed by atoms with Crippen LogP contribution in [0.1, 0.15) is 100 Å². The third kappa shape index (κ3) is 7.38. The van der Waals surface area contributed by atoms with Gasteiger partial charge in [-0.05, 0) is 108 Å². The molecule has 0 bridgehead atoms. The van der Waals surface area contributed by atoms with Gasteiger partial charge in [0.1, 0.15) is 0 Å². The number of anilines is 3. The molecule has 0 N–H and O–H groups in total. The summed E-state index contributed by atoms with van der Waals surface area (Å²) in [6.45, 7) is 8.98. The number of aryl methyl sites for hydroxylation is 2. The Bertz CT molecular complexity index is 1980. The van der Waals surface area contributed by atoms with Crippen molar-refractivity contribution in [2.75, 3.05) is 4.90 Å². The third-order valence-electron chi connectivity index (χ3n) is 11.4. The quantitative estimate of drug-likeness (QED) is 0.0975. The van der Waals surface area contributed by atoms with Gasteiger partial charge in [0.25, 0.3) is 0 Å². The van der Waals surface area contributed by atoms with E-state index in [1.807, 2.05) is 0 Å². The first-order chi connectivity index (χ1) is 25.5. The van der Waals surface area contributed by atoms with Gasteiger partial charge in [-0.2, -0.15) is 0 Å². The Hall–Kier alpha value is -4.88. The summed E-state index contributed by atoms with van der Waals surface area (Å²) in [4.78, 5) is 2.47. The molecule has 1 aliphatic carbocycles. The number of nitrogens with zero attached hydrogens (tertiary/aromatic N) is 1. The zero-order valence-electron chi connectivity index (χ0n) is 31.8. The zero-order valence-corrected chi connectivity index (χ0v) is 31.8. The fourth-order valence-corrected chi connectivity index (χ4v) is 8.66. The molecule has 7 rings (SSSR count). The number of hydrogen-bond donors (Lipinski definition) is 0. The van der Waals surface area contributed by atoms with Crippen LogP contribution < -0.4 is 4.90 Å². The normalized spacial score (nSPS) is 12.8. The van der Waals surface area contributed by atoms with Crippen LogP contribution in [0, 0.1) is 13.8 Å². The minimum absolute atomic E-state index is 0.0408. The minimum Gasteiger partial charge on any atom is -0.310 e. The summed E-state index contributed by atoms with van der Waals surface area (Å²) >= 11 is 0. The van der Waals surface area contributed by atoms with Gasteiger partial charge in [-0.1, -0.05) is 179 Å². The summed E-state index contributed by atoms with van der Waals surface area (Å²) in [5.41, 5.74) is 17.1. The molecule has 0 atom stereocenters. The molecular weight excluding hydrogens is 627 g/mol. The summed E-state index contributed by atoms with van der Waals surface area (Å²) in [6.07, 6.45) is 12.7. The van der Waals surface area contributed by atoms with Gasteiger partial charge in [0, 0.05) is 22.5 Å². The largest absolute Gasteiger partial charge is 0.310 e. The van der Waals surface area contributed by atoms with E-state index in [9.17, 15) is 0 Å². The van der Waals surface area contributed by atoms with Crippen LogP contribution in [0.25, 0.3) is 33.4 Å². The maximum absolute atomic E-state index is 2.57. The first-order valence-corrected chi connectivity index (χ1v) is 19.9. The van der Waals surface area contributed by atoms with Crippen LogP contribution >= 0.6 is 0 Å². The van der Waals surface area contributed by atoms with E-state index >= 15 is 0 Å². The Morgan fingerprint density at radius 1 is 0.404 bits per heavy atom. The molecule has 52 heavy (non-hydrogen) atoms. The Balaban J connectivity index is 1.34. The van der Waals surface area contributed by atoms with Crippen LogP contribution in [-0.2, 0) is 5.41 Å². The molecule has 0 radical (unpaired) electrons. The van der Waals surface area contributed by atoms with Crippen molar-refractivity contribution in [3.63, 3.8) is 0 Å². The molecule has 0 fully saturated rings. The SMILES string of the molecule is CCCCCCC1(CCCCCC)c2ccccc2-c2ccc(N(c3ccc(-c4cccc(C)c4)cc3)c3ccc(-c4cccc(C)c4)cc3)cc21. The van der Waals surface area contributed by atoms with Crippen molar-refractivity contribution < 1.29 is 0 Å². The molecular formula is C51H55N. The highest BCUT2D eigenvalue weighted by Crippen LogP contribution is 2.55. The van der Waals surface area contributed by atoms with Crippen molar-refractivity contribution in [1.82, 2.24) is 0 Å². The highest BCUT2D eigenvalue weighted by molar-refractivity contribution is 5.86. The van der Waals surface area contributed by atoms with Gasteiger partial charge in [0.05, 0.1) is 0 Å².